The monoisotopic (exact) mass is 705 g/mol. The molecule has 2 aliphatic heterocycles. The van der Waals surface area contributed by atoms with Gasteiger partial charge in [0.15, 0.2) is 0 Å². The Morgan fingerprint density at radius 3 is 2.08 bits per heavy atom. The Morgan fingerprint density at radius 1 is 0.923 bits per heavy atom. The zero-order valence-electron chi connectivity index (χ0n) is 21.5. The van der Waals surface area contributed by atoms with E-state index >= 15 is 0 Å². The summed E-state index contributed by atoms with van der Waals surface area (Å²) in [6, 6.07) is 14.8. The number of rotatable bonds is 4. The number of halogens is 2. The molecule has 0 amide bonds. The molecule has 1 aromatic carbocycles. The number of aromatic nitrogens is 5. The van der Waals surface area contributed by atoms with Gasteiger partial charge < -0.3 is 34.4 Å². The number of hydrogen-bond acceptors (Lipinski definition) is 7. The molecule has 0 bridgehead atoms. The maximum absolute atomic E-state index is 13.6. The van der Waals surface area contributed by atoms with Gasteiger partial charge in [0.2, 0.25) is 0 Å². The summed E-state index contributed by atoms with van der Waals surface area (Å²) in [5, 5.41) is 7.88. The number of nitrogens with zero attached hydrogens (tertiary/aromatic N) is 9. The molecular formula is C27H24F2IrN9-5. The molecule has 0 atom stereocenters. The van der Waals surface area contributed by atoms with E-state index in [9.17, 15) is 8.78 Å². The summed E-state index contributed by atoms with van der Waals surface area (Å²) in [6.07, 6.45) is 9.66. The predicted octanol–water partition coefficient (Wildman–Crippen LogP) is 4.06. The van der Waals surface area contributed by atoms with Gasteiger partial charge in [-0.3, -0.25) is 9.97 Å². The van der Waals surface area contributed by atoms with Crippen LogP contribution in [-0.2, 0) is 27.2 Å². The van der Waals surface area contributed by atoms with Crippen molar-refractivity contribution in [2.75, 3.05) is 23.9 Å². The Bertz CT molecular complexity index is 1450. The topological polar surface area (TPSA) is 70.7 Å². The smallest absolute Gasteiger partial charge is 0.128 e. The van der Waals surface area contributed by atoms with Crippen molar-refractivity contribution in [3.8, 4) is 22.8 Å². The summed E-state index contributed by atoms with van der Waals surface area (Å²) >= 11 is 0. The Morgan fingerprint density at radius 2 is 1.56 bits per heavy atom. The van der Waals surface area contributed by atoms with Crippen LogP contribution >= 0.6 is 0 Å². The summed E-state index contributed by atoms with van der Waals surface area (Å²) in [5.74, 6) is -1.32. The molecule has 0 saturated carbocycles. The third-order valence-corrected chi connectivity index (χ3v) is 5.63. The Balaban J connectivity index is 0.000000177. The fourth-order valence-corrected chi connectivity index (χ4v) is 3.81. The molecule has 0 saturated heterocycles. The predicted molar refractivity (Wildman–Crippen MR) is 139 cm³/mol. The molecule has 2 aliphatic rings. The number of benzene rings is 1. The average Bonchev–Trinajstić information content (AvgIpc) is 3.68. The van der Waals surface area contributed by atoms with E-state index < -0.39 is 11.9 Å². The Hall–Kier alpha value is -4.02. The summed E-state index contributed by atoms with van der Waals surface area (Å²) in [5.41, 5.74) is 3.75. The molecule has 39 heavy (non-hydrogen) atoms. The van der Waals surface area contributed by atoms with Crippen LogP contribution in [0.5, 0.6) is 0 Å². The van der Waals surface area contributed by atoms with Gasteiger partial charge in [-0.2, -0.15) is 19.4 Å². The van der Waals surface area contributed by atoms with Crippen LogP contribution in [0.15, 0.2) is 61.3 Å². The minimum absolute atomic E-state index is 0. The normalized spacial score (nSPS) is 14.1. The maximum Gasteiger partial charge on any atom is 0.128 e. The minimum Gasteiger partial charge on any atom is -0.572 e. The molecule has 205 valence electrons. The van der Waals surface area contributed by atoms with Crippen LogP contribution < -0.4 is 14.9 Å². The summed E-state index contributed by atoms with van der Waals surface area (Å²) in [6.45, 7) is 5.86. The van der Waals surface area contributed by atoms with Gasteiger partial charge in [0.1, 0.15) is 17.7 Å². The molecule has 0 unspecified atom stereocenters. The van der Waals surface area contributed by atoms with Crippen molar-refractivity contribution >= 4 is 11.4 Å². The van der Waals surface area contributed by atoms with Crippen LogP contribution in [0.1, 0.15) is 5.69 Å². The fraction of sp³-hybridized carbons (Fsp3) is 0.148. The van der Waals surface area contributed by atoms with E-state index in [1.54, 1.807) is 23.9 Å². The third-order valence-electron chi connectivity index (χ3n) is 5.63. The molecule has 4 aromatic rings. The van der Waals surface area contributed by atoms with Crippen molar-refractivity contribution in [3.63, 3.8) is 0 Å². The molecule has 9 nitrogen and oxygen atoms in total. The summed E-state index contributed by atoms with van der Waals surface area (Å²) in [7, 11) is 5.77. The first-order valence-electron chi connectivity index (χ1n) is 11.6. The van der Waals surface area contributed by atoms with E-state index in [4.69, 9.17) is 0 Å². The fourth-order valence-electron chi connectivity index (χ4n) is 3.81. The molecule has 3 aromatic heterocycles. The molecular weight excluding hydrogens is 681 g/mol. The van der Waals surface area contributed by atoms with Gasteiger partial charge in [0.05, 0.1) is 0 Å². The van der Waals surface area contributed by atoms with E-state index in [0.717, 1.165) is 23.1 Å². The van der Waals surface area contributed by atoms with Gasteiger partial charge >= 0.3 is 0 Å². The van der Waals surface area contributed by atoms with Gasteiger partial charge in [-0.15, -0.1) is 35.6 Å². The van der Waals surface area contributed by atoms with Crippen molar-refractivity contribution in [1.29, 1.82) is 0 Å². The summed E-state index contributed by atoms with van der Waals surface area (Å²) in [4.78, 5) is 15.5. The molecule has 0 spiro atoms. The van der Waals surface area contributed by atoms with Crippen molar-refractivity contribution in [1.82, 2.24) is 34.5 Å². The van der Waals surface area contributed by atoms with E-state index in [1.807, 2.05) is 97.0 Å². The quantitative estimate of drug-likeness (QED) is 0.233. The van der Waals surface area contributed by atoms with Crippen LogP contribution in [0.2, 0.25) is 0 Å². The summed E-state index contributed by atoms with van der Waals surface area (Å²) < 4.78 is 28.1. The van der Waals surface area contributed by atoms with Crippen molar-refractivity contribution in [2.24, 2.45) is 7.05 Å². The second-order valence-electron chi connectivity index (χ2n) is 8.71. The van der Waals surface area contributed by atoms with E-state index in [1.165, 1.54) is 0 Å². The van der Waals surface area contributed by atoms with Gasteiger partial charge in [0.25, 0.3) is 0 Å². The molecule has 12 heteroatoms. The largest absolute Gasteiger partial charge is 0.572 e. The molecule has 0 N–H and O–H groups in total. The van der Waals surface area contributed by atoms with Crippen LogP contribution in [-0.4, -0.2) is 43.5 Å². The molecule has 5 heterocycles. The Labute approximate surface area is 239 Å². The van der Waals surface area contributed by atoms with Crippen LogP contribution in [0.3, 0.4) is 0 Å². The van der Waals surface area contributed by atoms with E-state index in [-0.39, 0.29) is 25.7 Å². The van der Waals surface area contributed by atoms with Crippen LogP contribution in [0.4, 0.5) is 20.2 Å². The first kappa shape index (κ1) is 28.0. The van der Waals surface area contributed by atoms with Gasteiger partial charge in [-0.1, -0.05) is 23.4 Å². The first-order chi connectivity index (χ1) is 18.3. The first-order valence-corrected chi connectivity index (χ1v) is 11.6. The van der Waals surface area contributed by atoms with E-state index in [2.05, 4.69) is 32.3 Å². The number of aryl methyl sites for hydroxylation is 2. The van der Waals surface area contributed by atoms with Crippen molar-refractivity contribution in [3.05, 3.63) is 104 Å². The van der Waals surface area contributed by atoms with Crippen LogP contribution in [0.25, 0.3) is 22.8 Å². The standard InChI is InChI=1S/C14H15N4.C13H9F2N5.Ir/c1-15-6-8-17(11-15)13-4-3-5-14(10-13)18-9-7-16(2)12-18;1-7-5-9(19-18-7)13-16-10(6-20(13)2)8-3-4-11(14)17-12(8)15;/h3-9,11-12H,1-2H3;4-6H,1-2H3;/q-3;-2;. The second-order valence-corrected chi connectivity index (χ2v) is 8.71. The number of anilines is 2. The SMILES string of the molecule is CN1C=CN(c2[c-]c(N3C=CN(C)[CH-]3)ccc2)[CH-]1.Cc1cc(-c2nc(-c3[c-]cc(F)nc3F)cn2C)[n-]n1.[Ir]. The number of pyridine rings is 1. The average molecular weight is 705 g/mol. The second kappa shape index (κ2) is 11.8. The van der Waals surface area contributed by atoms with E-state index in [0.29, 0.717) is 17.2 Å². The number of hydrogen-bond donors (Lipinski definition) is 0. The molecule has 0 aliphatic carbocycles. The van der Waals surface area contributed by atoms with Crippen molar-refractivity contribution in [2.45, 2.75) is 6.92 Å². The molecule has 1 radical (unpaired) electrons. The Kier molecular flexibility index (Phi) is 8.47. The minimum atomic E-state index is -0.945. The van der Waals surface area contributed by atoms with Crippen molar-refractivity contribution < 1.29 is 28.9 Å². The zero-order chi connectivity index (χ0) is 26.8. The maximum atomic E-state index is 13.6. The van der Waals surface area contributed by atoms with Gasteiger partial charge in [-0.05, 0) is 52.0 Å². The van der Waals surface area contributed by atoms with Crippen LogP contribution in [0, 0.1) is 44.3 Å². The van der Waals surface area contributed by atoms with Gasteiger partial charge in [-0.25, -0.2) is 8.78 Å². The molecule has 0 fully saturated rings. The zero-order valence-corrected chi connectivity index (χ0v) is 23.9. The molecule has 6 rings (SSSR count). The third kappa shape index (κ3) is 6.35. The van der Waals surface area contributed by atoms with Gasteiger partial charge in [0, 0.05) is 38.5 Å². The number of imidazole rings is 1.